The van der Waals surface area contributed by atoms with Gasteiger partial charge in [0.1, 0.15) is 5.82 Å². The summed E-state index contributed by atoms with van der Waals surface area (Å²) in [7, 11) is 0. The second-order valence-corrected chi connectivity index (χ2v) is 6.03. The summed E-state index contributed by atoms with van der Waals surface area (Å²) in [6.07, 6.45) is 2.80. The summed E-state index contributed by atoms with van der Waals surface area (Å²) in [4.78, 5) is 16.3. The van der Waals surface area contributed by atoms with E-state index in [4.69, 9.17) is 11.6 Å². The number of aromatic nitrogens is 1. The van der Waals surface area contributed by atoms with Crippen molar-refractivity contribution in [2.24, 2.45) is 0 Å². The van der Waals surface area contributed by atoms with Crippen molar-refractivity contribution in [1.82, 2.24) is 4.98 Å². The Balaban J connectivity index is 1.51. The molecular weight excluding hydrogens is 334 g/mol. The second kappa shape index (κ2) is 8.31. The van der Waals surface area contributed by atoms with Crippen LogP contribution in [-0.2, 0) is 11.2 Å². The van der Waals surface area contributed by atoms with Crippen LogP contribution >= 0.6 is 11.6 Å². The van der Waals surface area contributed by atoms with Crippen molar-refractivity contribution in [3.05, 3.63) is 83.5 Å². The van der Waals surface area contributed by atoms with Crippen molar-refractivity contribution < 1.29 is 4.79 Å². The van der Waals surface area contributed by atoms with Crippen molar-refractivity contribution in [3.63, 3.8) is 0 Å². The predicted molar refractivity (Wildman–Crippen MR) is 102 cm³/mol. The van der Waals surface area contributed by atoms with Crippen molar-refractivity contribution >= 4 is 34.7 Å². The van der Waals surface area contributed by atoms with Gasteiger partial charge in [-0.05, 0) is 48.4 Å². The van der Waals surface area contributed by atoms with Gasteiger partial charge in [-0.1, -0.05) is 41.9 Å². The van der Waals surface area contributed by atoms with Gasteiger partial charge in [0.25, 0.3) is 0 Å². The summed E-state index contributed by atoms with van der Waals surface area (Å²) in [5, 5.41) is 6.73. The standard InChI is InChI=1S/C20H18ClN3O/c21-16-7-9-17(10-8-16)23-19-12-11-18(14-22-19)24-20(25)13-6-15-4-2-1-3-5-15/h1-5,7-12,14H,6,13H2,(H,22,23)(H,24,25). The molecule has 3 aromatic rings. The summed E-state index contributed by atoms with van der Waals surface area (Å²) < 4.78 is 0. The largest absolute Gasteiger partial charge is 0.340 e. The quantitative estimate of drug-likeness (QED) is 0.653. The zero-order chi connectivity index (χ0) is 17.5. The van der Waals surface area contributed by atoms with E-state index in [1.54, 1.807) is 6.20 Å². The zero-order valence-corrected chi connectivity index (χ0v) is 14.3. The number of halogens is 1. The molecule has 2 aromatic carbocycles. The van der Waals surface area contributed by atoms with Gasteiger partial charge >= 0.3 is 0 Å². The minimum atomic E-state index is -0.0240. The van der Waals surface area contributed by atoms with Crippen LogP contribution in [0.15, 0.2) is 72.9 Å². The number of benzene rings is 2. The normalized spacial score (nSPS) is 10.3. The summed E-state index contributed by atoms with van der Waals surface area (Å²) in [5.41, 5.74) is 2.73. The molecule has 0 unspecified atom stereocenters. The lowest BCUT2D eigenvalue weighted by Gasteiger charge is -2.08. The van der Waals surface area contributed by atoms with E-state index in [-0.39, 0.29) is 5.91 Å². The van der Waals surface area contributed by atoms with E-state index in [0.717, 1.165) is 17.7 Å². The minimum Gasteiger partial charge on any atom is -0.340 e. The van der Waals surface area contributed by atoms with E-state index < -0.39 is 0 Å². The number of rotatable bonds is 6. The summed E-state index contributed by atoms with van der Waals surface area (Å²) in [6.45, 7) is 0. The zero-order valence-electron chi connectivity index (χ0n) is 13.6. The molecule has 2 N–H and O–H groups in total. The molecule has 0 aliphatic rings. The van der Waals surface area contributed by atoms with Gasteiger partial charge in [-0.25, -0.2) is 4.98 Å². The monoisotopic (exact) mass is 351 g/mol. The molecule has 0 aliphatic carbocycles. The Bertz CT molecular complexity index is 818. The van der Waals surface area contributed by atoms with Crippen LogP contribution in [-0.4, -0.2) is 10.9 Å². The molecule has 4 nitrogen and oxygen atoms in total. The van der Waals surface area contributed by atoms with Crippen LogP contribution in [0, 0.1) is 0 Å². The summed E-state index contributed by atoms with van der Waals surface area (Å²) >= 11 is 5.87. The van der Waals surface area contributed by atoms with E-state index in [1.165, 1.54) is 0 Å². The third-order valence-corrected chi connectivity index (χ3v) is 3.90. The van der Waals surface area contributed by atoms with Crippen LogP contribution in [0.2, 0.25) is 5.02 Å². The van der Waals surface area contributed by atoms with Gasteiger partial charge in [0.2, 0.25) is 5.91 Å². The van der Waals surface area contributed by atoms with Gasteiger partial charge in [0, 0.05) is 17.1 Å². The van der Waals surface area contributed by atoms with Crippen molar-refractivity contribution in [2.45, 2.75) is 12.8 Å². The third-order valence-electron chi connectivity index (χ3n) is 3.65. The molecule has 0 saturated heterocycles. The Morgan fingerprint density at radius 2 is 1.64 bits per heavy atom. The van der Waals surface area contributed by atoms with E-state index >= 15 is 0 Å². The number of pyridine rings is 1. The average Bonchev–Trinajstić information content (AvgIpc) is 2.64. The lowest BCUT2D eigenvalue weighted by molar-refractivity contribution is -0.116. The molecule has 1 aromatic heterocycles. The molecule has 0 radical (unpaired) electrons. The highest BCUT2D eigenvalue weighted by atomic mass is 35.5. The molecule has 3 rings (SSSR count). The van der Waals surface area contributed by atoms with Gasteiger partial charge in [0.15, 0.2) is 0 Å². The number of nitrogens with zero attached hydrogens (tertiary/aromatic N) is 1. The molecule has 5 heteroatoms. The topological polar surface area (TPSA) is 54.0 Å². The number of nitrogens with one attached hydrogen (secondary N) is 2. The highest BCUT2D eigenvalue weighted by Crippen LogP contribution is 2.18. The number of hydrogen-bond donors (Lipinski definition) is 2. The van der Waals surface area contributed by atoms with Gasteiger partial charge in [-0.2, -0.15) is 0 Å². The molecule has 0 saturated carbocycles. The number of hydrogen-bond acceptors (Lipinski definition) is 3. The third kappa shape index (κ3) is 5.33. The number of carbonyl (C=O) groups excluding carboxylic acids is 1. The van der Waals surface area contributed by atoms with Gasteiger partial charge in [-0.15, -0.1) is 0 Å². The Morgan fingerprint density at radius 3 is 2.32 bits per heavy atom. The van der Waals surface area contributed by atoms with Crippen LogP contribution < -0.4 is 10.6 Å². The number of anilines is 3. The van der Waals surface area contributed by atoms with E-state index in [9.17, 15) is 4.79 Å². The molecular formula is C20H18ClN3O. The maximum Gasteiger partial charge on any atom is 0.224 e. The molecule has 0 atom stereocenters. The SMILES string of the molecule is O=C(CCc1ccccc1)Nc1ccc(Nc2ccc(Cl)cc2)nc1. The predicted octanol–water partition coefficient (Wildman–Crippen LogP) is 5.05. The highest BCUT2D eigenvalue weighted by Gasteiger charge is 2.04. The fourth-order valence-corrected chi connectivity index (χ4v) is 2.47. The molecule has 0 aliphatic heterocycles. The molecule has 126 valence electrons. The first-order chi connectivity index (χ1) is 12.2. The average molecular weight is 352 g/mol. The van der Waals surface area contributed by atoms with E-state index in [0.29, 0.717) is 22.9 Å². The Labute approximate surface area is 151 Å². The maximum absolute atomic E-state index is 12.0. The van der Waals surface area contributed by atoms with E-state index in [1.807, 2.05) is 66.7 Å². The Hall–Kier alpha value is -2.85. The smallest absolute Gasteiger partial charge is 0.224 e. The van der Waals surface area contributed by atoms with Crippen LogP contribution in [0.5, 0.6) is 0 Å². The molecule has 0 fully saturated rings. The summed E-state index contributed by atoms with van der Waals surface area (Å²) in [6, 6.07) is 21.0. The van der Waals surface area contributed by atoms with Crippen LogP contribution in [0.25, 0.3) is 0 Å². The first-order valence-electron chi connectivity index (χ1n) is 8.01. The van der Waals surface area contributed by atoms with Crippen LogP contribution in [0.4, 0.5) is 17.2 Å². The minimum absolute atomic E-state index is 0.0240. The molecule has 1 amide bonds. The lowest BCUT2D eigenvalue weighted by Crippen LogP contribution is -2.12. The van der Waals surface area contributed by atoms with Crippen molar-refractivity contribution in [2.75, 3.05) is 10.6 Å². The maximum atomic E-state index is 12.0. The first-order valence-corrected chi connectivity index (χ1v) is 8.39. The van der Waals surface area contributed by atoms with Crippen LogP contribution in [0.3, 0.4) is 0 Å². The lowest BCUT2D eigenvalue weighted by atomic mass is 10.1. The molecule has 0 bridgehead atoms. The van der Waals surface area contributed by atoms with Crippen molar-refractivity contribution in [3.8, 4) is 0 Å². The molecule has 25 heavy (non-hydrogen) atoms. The molecule has 1 heterocycles. The number of aryl methyl sites for hydroxylation is 1. The van der Waals surface area contributed by atoms with Gasteiger partial charge in [0.05, 0.1) is 11.9 Å². The Morgan fingerprint density at radius 1 is 0.920 bits per heavy atom. The molecule has 0 spiro atoms. The van der Waals surface area contributed by atoms with Crippen molar-refractivity contribution in [1.29, 1.82) is 0 Å². The summed E-state index contributed by atoms with van der Waals surface area (Å²) in [5.74, 6) is 0.675. The van der Waals surface area contributed by atoms with Gasteiger partial charge < -0.3 is 10.6 Å². The van der Waals surface area contributed by atoms with E-state index in [2.05, 4.69) is 15.6 Å². The van der Waals surface area contributed by atoms with Crippen LogP contribution in [0.1, 0.15) is 12.0 Å². The second-order valence-electron chi connectivity index (χ2n) is 5.60. The first kappa shape index (κ1) is 17.0. The number of amides is 1. The number of carbonyl (C=O) groups is 1. The fraction of sp³-hybridized carbons (Fsp3) is 0.100. The highest BCUT2D eigenvalue weighted by molar-refractivity contribution is 6.30. The Kier molecular flexibility index (Phi) is 5.65. The van der Waals surface area contributed by atoms with Gasteiger partial charge in [-0.3, -0.25) is 4.79 Å². The fourth-order valence-electron chi connectivity index (χ4n) is 2.35.